The van der Waals surface area contributed by atoms with Crippen molar-refractivity contribution in [2.45, 2.75) is 38.6 Å². The Bertz CT molecular complexity index is 135. The minimum Gasteiger partial charge on any atom is -0.396 e. The van der Waals surface area contributed by atoms with Crippen molar-refractivity contribution in [3.63, 3.8) is 0 Å². The van der Waals surface area contributed by atoms with Crippen molar-refractivity contribution in [2.24, 2.45) is 5.92 Å². The van der Waals surface area contributed by atoms with Gasteiger partial charge in [-0.3, -0.25) is 0 Å². The highest BCUT2D eigenvalue weighted by Crippen LogP contribution is 2.12. The number of ether oxygens (including phenoxy) is 1. The molecule has 3 heteroatoms. The molecular weight excluding hydrogens is 178 g/mol. The van der Waals surface area contributed by atoms with Gasteiger partial charge >= 0.3 is 0 Å². The molecule has 2 N–H and O–H groups in total. The summed E-state index contributed by atoms with van der Waals surface area (Å²) in [7, 11) is 0. The van der Waals surface area contributed by atoms with Crippen LogP contribution >= 0.6 is 0 Å². The van der Waals surface area contributed by atoms with Crippen LogP contribution in [0.1, 0.15) is 32.6 Å². The highest BCUT2D eigenvalue weighted by Gasteiger charge is 2.14. The number of rotatable bonds is 6. The number of hydrogen-bond acceptors (Lipinski definition) is 3. The van der Waals surface area contributed by atoms with Crippen LogP contribution in [0.2, 0.25) is 0 Å². The zero-order chi connectivity index (χ0) is 10.2. The topological polar surface area (TPSA) is 41.5 Å². The lowest BCUT2D eigenvalue weighted by Gasteiger charge is -2.24. The van der Waals surface area contributed by atoms with Crippen LogP contribution in [0.25, 0.3) is 0 Å². The Balaban J connectivity index is 2.00. The Kier molecular flexibility index (Phi) is 6.15. The molecule has 1 aliphatic rings. The van der Waals surface area contributed by atoms with Crippen molar-refractivity contribution in [3.8, 4) is 0 Å². The monoisotopic (exact) mass is 201 g/mol. The van der Waals surface area contributed by atoms with Gasteiger partial charge in [0.1, 0.15) is 0 Å². The first kappa shape index (κ1) is 12.0. The van der Waals surface area contributed by atoms with Gasteiger partial charge in [0.2, 0.25) is 0 Å². The van der Waals surface area contributed by atoms with Gasteiger partial charge in [0.25, 0.3) is 0 Å². The van der Waals surface area contributed by atoms with E-state index in [2.05, 4.69) is 12.2 Å². The zero-order valence-electron chi connectivity index (χ0n) is 9.17. The van der Waals surface area contributed by atoms with Crippen LogP contribution in [-0.2, 0) is 4.74 Å². The predicted octanol–water partition coefficient (Wildman–Crippen LogP) is 1.16. The summed E-state index contributed by atoms with van der Waals surface area (Å²) in [4.78, 5) is 0. The maximum Gasteiger partial charge on any atom is 0.0506 e. The lowest BCUT2D eigenvalue weighted by molar-refractivity contribution is 0.0538. The Hall–Kier alpha value is -0.120. The third-order valence-electron chi connectivity index (χ3n) is 2.80. The van der Waals surface area contributed by atoms with E-state index in [0.29, 0.717) is 18.6 Å². The molecule has 1 fully saturated rings. The molecular formula is C11H23NO2. The fourth-order valence-corrected chi connectivity index (χ4v) is 1.84. The van der Waals surface area contributed by atoms with E-state index >= 15 is 0 Å². The molecule has 1 aliphatic heterocycles. The van der Waals surface area contributed by atoms with Crippen LogP contribution in [0.5, 0.6) is 0 Å². The van der Waals surface area contributed by atoms with Gasteiger partial charge in [-0.1, -0.05) is 0 Å². The molecule has 1 saturated heterocycles. The highest BCUT2D eigenvalue weighted by atomic mass is 16.5. The van der Waals surface area contributed by atoms with Gasteiger partial charge in [-0.2, -0.15) is 0 Å². The summed E-state index contributed by atoms with van der Waals surface area (Å²) in [5.74, 6) is 0.695. The van der Waals surface area contributed by atoms with E-state index in [1.807, 2.05) is 0 Å². The maximum atomic E-state index is 8.68. The fraction of sp³-hybridized carbons (Fsp3) is 1.00. The summed E-state index contributed by atoms with van der Waals surface area (Å²) in [6.45, 7) is 5.40. The Morgan fingerprint density at radius 3 is 3.07 bits per heavy atom. The van der Waals surface area contributed by atoms with E-state index in [9.17, 15) is 0 Å². The second-order valence-electron chi connectivity index (χ2n) is 4.26. The lowest BCUT2D eigenvalue weighted by atomic mass is 10.0. The van der Waals surface area contributed by atoms with Crippen molar-refractivity contribution >= 4 is 0 Å². The number of hydrogen-bond donors (Lipinski definition) is 2. The minimum atomic E-state index is 0.304. The van der Waals surface area contributed by atoms with Crippen LogP contribution in [0, 0.1) is 5.92 Å². The second kappa shape index (κ2) is 7.21. The summed E-state index contributed by atoms with van der Waals surface area (Å²) in [5.41, 5.74) is 0. The number of aliphatic hydroxyl groups is 1. The normalized spacial score (nSPS) is 24.9. The van der Waals surface area contributed by atoms with E-state index in [4.69, 9.17) is 9.84 Å². The van der Waals surface area contributed by atoms with Gasteiger partial charge in [0.15, 0.2) is 0 Å². The Labute approximate surface area is 86.8 Å². The van der Waals surface area contributed by atoms with E-state index in [0.717, 1.165) is 32.6 Å². The largest absolute Gasteiger partial charge is 0.396 e. The first-order valence-corrected chi connectivity index (χ1v) is 5.75. The molecule has 0 aliphatic carbocycles. The average molecular weight is 201 g/mol. The van der Waals surface area contributed by atoms with E-state index in [1.165, 1.54) is 12.8 Å². The van der Waals surface area contributed by atoms with Crippen LogP contribution in [0.4, 0.5) is 0 Å². The van der Waals surface area contributed by atoms with Gasteiger partial charge in [0, 0.05) is 25.8 Å². The van der Waals surface area contributed by atoms with Crippen molar-refractivity contribution in [1.82, 2.24) is 5.32 Å². The third kappa shape index (κ3) is 4.94. The van der Waals surface area contributed by atoms with Crippen molar-refractivity contribution in [2.75, 3.05) is 26.4 Å². The number of aliphatic hydroxyl groups excluding tert-OH is 1. The summed E-state index contributed by atoms with van der Waals surface area (Å²) in [5, 5.41) is 12.2. The van der Waals surface area contributed by atoms with Gasteiger partial charge < -0.3 is 15.2 Å². The molecule has 0 amide bonds. The van der Waals surface area contributed by atoms with Crippen LogP contribution in [-0.4, -0.2) is 37.5 Å². The summed E-state index contributed by atoms with van der Waals surface area (Å²) >= 11 is 0. The average Bonchev–Trinajstić information content (AvgIpc) is 2.25. The smallest absolute Gasteiger partial charge is 0.0506 e. The molecule has 0 aromatic rings. The summed E-state index contributed by atoms with van der Waals surface area (Å²) < 4.78 is 5.42. The molecule has 0 bridgehead atoms. The van der Waals surface area contributed by atoms with E-state index in [1.54, 1.807) is 0 Å². The third-order valence-corrected chi connectivity index (χ3v) is 2.80. The van der Waals surface area contributed by atoms with Gasteiger partial charge in [-0.15, -0.1) is 0 Å². The Morgan fingerprint density at radius 1 is 1.57 bits per heavy atom. The standard InChI is InChI=1S/C11H23NO2/c1-10(4-2-6-13)12-8-11-5-3-7-14-9-11/h10-13H,2-9H2,1H3. The van der Waals surface area contributed by atoms with Gasteiger partial charge in [-0.25, -0.2) is 0 Å². The van der Waals surface area contributed by atoms with Gasteiger partial charge in [0.05, 0.1) is 6.61 Å². The molecule has 84 valence electrons. The quantitative estimate of drug-likeness (QED) is 0.677. The molecule has 0 aromatic carbocycles. The molecule has 0 aromatic heterocycles. The second-order valence-corrected chi connectivity index (χ2v) is 4.26. The number of nitrogens with one attached hydrogen (secondary N) is 1. The fourth-order valence-electron chi connectivity index (χ4n) is 1.84. The van der Waals surface area contributed by atoms with E-state index in [-0.39, 0.29) is 0 Å². The SMILES string of the molecule is CC(CCCO)NCC1CCCOC1. The molecule has 3 nitrogen and oxygen atoms in total. The molecule has 1 rings (SSSR count). The molecule has 1 heterocycles. The van der Waals surface area contributed by atoms with E-state index < -0.39 is 0 Å². The first-order chi connectivity index (χ1) is 6.83. The molecule has 2 unspecified atom stereocenters. The maximum absolute atomic E-state index is 8.68. The van der Waals surface area contributed by atoms with Gasteiger partial charge in [-0.05, 0) is 38.5 Å². The minimum absolute atomic E-state index is 0.304. The van der Waals surface area contributed by atoms with Crippen LogP contribution in [0.15, 0.2) is 0 Å². The van der Waals surface area contributed by atoms with Crippen molar-refractivity contribution < 1.29 is 9.84 Å². The molecule has 0 spiro atoms. The zero-order valence-corrected chi connectivity index (χ0v) is 9.17. The molecule has 14 heavy (non-hydrogen) atoms. The molecule has 0 saturated carbocycles. The highest BCUT2D eigenvalue weighted by molar-refractivity contribution is 4.68. The first-order valence-electron chi connectivity index (χ1n) is 5.75. The van der Waals surface area contributed by atoms with Crippen LogP contribution in [0.3, 0.4) is 0 Å². The predicted molar refractivity (Wildman–Crippen MR) is 57.3 cm³/mol. The summed E-state index contributed by atoms with van der Waals surface area (Å²) in [6, 6.07) is 0.518. The molecule has 0 radical (unpaired) electrons. The lowest BCUT2D eigenvalue weighted by Crippen LogP contribution is -2.34. The van der Waals surface area contributed by atoms with Crippen molar-refractivity contribution in [1.29, 1.82) is 0 Å². The van der Waals surface area contributed by atoms with Crippen molar-refractivity contribution in [3.05, 3.63) is 0 Å². The summed E-state index contributed by atoms with van der Waals surface area (Å²) in [6.07, 6.45) is 4.45. The Morgan fingerprint density at radius 2 is 2.43 bits per heavy atom. The molecule has 2 atom stereocenters. The van der Waals surface area contributed by atoms with Crippen LogP contribution < -0.4 is 5.32 Å².